The van der Waals surface area contributed by atoms with Crippen LogP contribution >= 0.6 is 23.2 Å². The van der Waals surface area contributed by atoms with Crippen molar-refractivity contribution in [1.82, 2.24) is 31.2 Å². The van der Waals surface area contributed by atoms with E-state index in [1.54, 1.807) is 7.11 Å². The monoisotopic (exact) mass is 700 g/mol. The standard InChI is InChI=1S/C38H42Cl2N6O3/c1-49-37-24(19-41-21-26-12-15-33(47)44-26)11-14-32(46-37)38(17-5-8-29(36(38)40)28-7-2-3-9-30(28)39)25-18-23-6-4-10-31(35(23)43-20-25)42-22-27-13-16-34(48)45-27/h2-3,5,7-9,11,14,17-18,20,26-27,31,36,41-42H,4,6,10,12-13,15-16,19,21-22H2,1H3,(H,44,47)(H,45,48)/t26-,27-,31+,36?,38?/m1/s1. The van der Waals surface area contributed by atoms with E-state index >= 15 is 0 Å². The lowest BCUT2D eigenvalue weighted by atomic mass is 9.68. The Balaban J connectivity index is 1.23. The minimum absolute atomic E-state index is 0.101. The summed E-state index contributed by atoms with van der Waals surface area (Å²) in [5.41, 5.74) is 5.73. The molecule has 4 heterocycles. The quantitative estimate of drug-likeness (QED) is 0.201. The Labute approximate surface area is 297 Å². The van der Waals surface area contributed by atoms with Gasteiger partial charge in [-0.2, -0.15) is 0 Å². The van der Waals surface area contributed by atoms with E-state index in [-0.39, 0.29) is 29.9 Å². The van der Waals surface area contributed by atoms with Gasteiger partial charge in [0.15, 0.2) is 0 Å². The van der Waals surface area contributed by atoms with Gasteiger partial charge in [0.2, 0.25) is 17.7 Å². The number of aromatic nitrogens is 2. The zero-order valence-electron chi connectivity index (χ0n) is 27.6. The van der Waals surface area contributed by atoms with Crippen LogP contribution in [0.1, 0.15) is 78.2 Å². The van der Waals surface area contributed by atoms with Crippen molar-refractivity contribution in [3.63, 3.8) is 0 Å². The maximum Gasteiger partial charge on any atom is 0.220 e. The fourth-order valence-electron chi connectivity index (χ4n) is 7.68. The molecular weight excluding hydrogens is 659 g/mol. The molecule has 0 bridgehead atoms. The molecule has 2 aliphatic heterocycles. The Morgan fingerprint density at radius 3 is 2.51 bits per heavy atom. The highest BCUT2D eigenvalue weighted by atomic mass is 35.5. The predicted molar refractivity (Wildman–Crippen MR) is 192 cm³/mol. The van der Waals surface area contributed by atoms with E-state index in [9.17, 15) is 9.59 Å². The molecule has 0 saturated carbocycles. The van der Waals surface area contributed by atoms with Crippen molar-refractivity contribution in [2.24, 2.45) is 0 Å². The van der Waals surface area contributed by atoms with E-state index in [0.717, 1.165) is 72.3 Å². The first kappa shape index (κ1) is 33.7. The van der Waals surface area contributed by atoms with Crippen LogP contribution in [0.25, 0.3) is 5.57 Å². The molecule has 11 heteroatoms. The molecule has 2 saturated heterocycles. The van der Waals surface area contributed by atoms with E-state index in [1.165, 1.54) is 5.56 Å². The van der Waals surface area contributed by atoms with Crippen LogP contribution < -0.4 is 26.0 Å². The van der Waals surface area contributed by atoms with Crippen LogP contribution in [0.15, 0.2) is 66.9 Å². The van der Waals surface area contributed by atoms with E-state index in [2.05, 4.69) is 33.4 Å². The van der Waals surface area contributed by atoms with Gasteiger partial charge in [-0.05, 0) is 66.5 Å². The number of nitrogens with one attached hydrogen (secondary N) is 4. The second kappa shape index (κ2) is 14.6. The number of hydrogen-bond donors (Lipinski definition) is 4. The Hall–Kier alpha value is -3.76. The zero-order valence-corrected chi connectivity index (χ0v) is 29.1. The molecule has 256 valence electrons. The number of fused-ring (bicyclic) bond motifs is 1. The van der Waals surface area contributed by atoms with E-state index in [0.29, 0.717) is 36.8 Å². The molecule has 2 fully saturated rings. The molecule has 2 unspecified atom stereocenters. The maximum atomic E-state index is 11.8. The molecule has 4 aliphatic rings. The second-order valence-corrected chi connectivity index (χ2v) is 14.3. The van der Waals surface area contributed by atoms with Gasteiger partial charge in [0.25, 0.3) is 0 Å². The number of rotatable bonds is 11. The van der Waals surface area contributed by atoms with Gasteiger partial charge < -0.3 is 26.0 Å². The van der Waals surface area contributed by atoms with Crippen LogP contribution in [-0.2, 0) is 28.0 Å². The zero-order chi connectivity index (χ0) is 34.0. The summed E-state index contributed by atoms with van der Waals surface area (Å²) in [6, 6.07) is 14.5. The van der Waals surface area contributed by atoms with Crippen molar-refractivity contribution in [3.8, 4) is 5.88 Å². The number of pyridine rings is 2. The molecule has 0 spiro atoms. The van der Waals surface area contributed by atoms with Crippen LogP contribution in [0, 0.1) is 0 Å². The lowest BCUT2D eigenvalue weighted by Gasteiger charge is -2.39. The molecule has 4 N–H and O–H groups in total. The van der Waals surface area contributed by atoms with E-state index in [4.69, 9.17) is 37.9 Å². The van der Waals surface area contributed by atoms with Gasteiger partial charge in [-0.1, -0.05) is 60.2 Å². The number of ether oxygens (including phenoxy) is 1. The topological polar surface area (TPSA) is 117 Å². The molecule has 7 rings (SSSR count). The van der Waals surface area contributed by atoms with Crippen LogP contribution in [0.3, 0.4) is 0 Å². The molecule has 49 heavy (non-hydrogen) atoms. The van der Waals surface area contributed by atoms with Crippen molar-refractivity contribution in [1.29, 1.82) is 0 Å². The number of allylic oxidation sites excluding steroid dienone is 4. The molecule has 3 aromatic rings. The number of carbonyl (C=O) groups excluding carboxylic acids is 2. The third-order valence-corrected chi connectivity index (χ3v) is 11.2. The summed E-state index contributed by atoms with van der Waals surface area (Å²) in [6.45, 7) is 1.94. The first-order chi connectivity index (χ1) is 23.9. The first-order valence-electron chi connectivity index (χ1n) is 17.2. The number of alkyl halides is 1. The van der Waals surface area contributed by atoms with Crippen molar-refractivity contribution < 1.29 is 14.3 Å². The average Bonchev–Trinajstić information content (AvgIpc) is 3.74. The molecule has 0 radical (unpaired) electrons. The highest BCUT2D eigenvalue weighted by Crippen LogP contribution is 2.49. The minimum Gasteiger partial charge on any atom is -0.481 e. The smallest absolute Gasteiger partial charge is 0.220 e. The lowest BCUT2D eigenvalue weighted by molar-refractivity contribution is -0.120. The number of benzene rings is 1. The van der Waals surface area contributed by atoms with Crippen LogP contribution in [0.5, 0.6) is 5.88 Å². The Bertz CT molecular complexity index is 1800. The van der Waals surface area contributed by atoms with Gasteiger partial charge in [-0.15, -0.1) is 11.6 Å². The van der Waals surface area contributed by atoms with Gasteiger partial charge in [0.1, 0.15) is 0 Å². The number of methoxy groups -OCH3 is 1. The second-order valence-electron chi connectivity index (χ2n) is 13.4. The van der Waals surface area contributed by atoms with Gasteiger partial charge >= 0.3 is 0 Å². The van der Waals surface area contributed by atoms with Crippen LogP contribution in [-0.4, -0.2) is 59.4 Å². The maximum absolute atomic E-state index is 11.8. The number of carbonyl (C=O) groups is 2. The summed E-state index contributed by atoms with van der Waals surface area (Å²) in [7, 11) is 1.63. The third kappa shape index (κ3) is 6.86. The van der Waals surface area contributed by atoms with E-state index < -0.39 is 10.8 Å². The highest BCUT2D eigenvalue weighted by molar-refractivity contribution is 6.34. The summed E-state index contributed by atoms with van der Waals surface area (Å²) >= 11 is 14.4. The van der Waals surface area contributed by atoms with Crippen molar-refractivity contribution in [2.45, 2.75) is 80.4 Å². The summed E-state index contributed by atoms with van der Waals surface area (Å²) in [4.78, 5) is 33.6. The molecule has 1 aromatic carbocycles. The largest absolute Gasteiger partial charge is 0.481 e. The number of halogens is 2. The number of amides is 2. The van der Waals surface area contributed by atoms with Crippen LogP contribution in [0.2, 0.25) is 5.02 Å². The average molecular weight is 702 g/mol. The molecule has 2 aromatic heterocycles. The van der Waals surface area contributed by atoms with Gasteiger partial charge in [0, 0.05) is 67.4 Å². The van der Waals surface area contributed by atoms with Gasteiger partial charge in [-0.3, -0.25) is 14.6 Å². The minimum atomic E-state index is -0.880. The van der Waals surface area contributed by atoms with E-state index in [1.807, 2.05) is 54.7 Å². The fraction of sp³-hybridized carbons (Fsp3) is 0.421. The fourth-order valence-corrected chi connectivity index (χ4v) is 8.42. The van der Waals surface area contributed by atoms with Crippen molar-refractivity contribution in [3.05, 3.63) is 106 Å². The normalized spacial score (nSPS) is 26.2. The Morgan fingerprint density at radius 2 is 1.78 bits per heavy atom. The van der Waals surface area contributed by atoms with Crippen LogP contribution in [0.4, 0.5) is 0 Å². The third-order valence-electron chi connectivity index (χ3n) is 10.3. The number of aryl methyl sites for hydroxylation is 1. The summed E-state index contributed by atoms with van der Waals surface area (Å²) in [5.74, 6) is 0.739. The number of hydrogen-bond acceptors (Lipinski definition) is 7. The van der Waals surface area contributed by atoms with Crippen molar-refractivity contribution in [2.75, 3.05) is 20.2 Å². The predicted octanol–water partition coefficient (Wildman–Crippen LogP) is 5.30. The molecule has 5 atom stereocenters. The lowest BCUT2D eigenvalue weighted by Crippen LogP contribution is -2.40. The SMILES string of the molecule is COc1nc(C2(c3cnc4c(c3)CCC[C@@H]4NC[C@H]3CCC(=O)N3)C=CC=C(c3ccccc3Cl)C2Cl)ccc1CNC[C@H]1CCC(=O)N1. The van der Waals surface area contributed by atoms with Crippen molar-refractivity contribution >= 4 is 40.6 Å². The van der Waals surface area contributed by atoms with Gasteiger partial charge in [0.05, 0.1) is 29.3 Å². The molecule has 9 nitrogen and oxygen atoms in total. The Morgan fingerprint density at radius 1 is 1.00 bits per heavy atom. The summed E-state index contributed by atoms with van der Waals surface area (Å²) < 4.78 is 5.87. The number of nitrogens with zero attached hydrogens (tertiary/aromatic N) is 2. The Kier molecular flexibility index (Phi) is 10.1. The highest BCUT2D eigenvalue weighted by Gasteiger charge is 2.45. The molecule has 2 amide bonds. The first-order valence-corrected chi connectivity index (χ1v) is 18.0. The summed E-state index contributed by atoms with van der Waals surface area (Å²) in [5, 5.41) is 13.3. The van der Waals surface area contributed by atoms with Gasteiger partial charge in [-0.25, -0.2) is 4.98 Å². The molecule has 2 aliphatic carbocycles. The molecular formula is C38H42Cl2N6O3. The summed E-state index contributed by atoms with van der Waals surface area (Å²) in [6.07, 6.45) is 13.9.